The van der Waals surface area contributed by atoms with Crippen LogP contribution in [-0.2, 0) is 0 Å². The molecule has 6 rings (SSSR count). The molecule has 3 heteroatoms. The zero-order chi connectivity index (χ0) is 17.1. The molecule has 0 saturated heterocycles. The number of thiophene rings is 1. The number of hydrogen-bond donors (Lipinski definition) is 1. The van der Waals surface area contributed by atoms with Crippen LogP contribution in [0.4, 0.5) is 0 Å². The molecule has 0 saturated carbocycles. The van der Waals surface area contributed by atoms with E-state index in [1.54, 1.807) is 0 Å². The summed E-state index contributed by atoms with van der Waals surface area (Å²) in [4.78, 5) is 8.51. The maximum absolute atomic E-state index is 4.98. The summed E-state index contributed by atoms with van der Waals surface area (Å²) >= 11 is 1.85. The minimum atomic E-state index is 1.01. The number of nitrogens with one attached hydrogen (secondary N) is 1. The number of hydrogen-bond acceptors (Lipinski definition) is 2. The van der Waals surface area contributed by atoms with E-state index in [2.05, 4.69) is 77.8 Å². The van der Waals surface area contributed by atoms with Crippen LogP contribution < -0.4 is 0 Å². The highest BCUT2D eigenvalue weighted by molar-refractivity contribution is 7.25. The van der Waals surface area contributed by atoms with E-state index in [1.807, 2.05) is 17.4 Å². The van der Waals surface area contributed by atoms with Crippen molar-refractivity contribution < 1.29 is 0 Å². The standard InChI is InChI=1S/C23H14N2S/c1-2-6-14(7-3-1)18-10-11-19-23(25-18)17-12-16-15-8-4-5-9-21(15)26-22(16)13-20(17)24-19/h1-13,24H. The average molecular weight is 350 g/mol. The summed E-state index contributed by atoms with van der Waals surface area (Å²) in [7, 11) is 0. The fourth-order valence-electron chi connectivity index (χ4n) is 3.75. The number of H-pyrrole nitrogens is 1. The SMILES string of the molecule is c1ccc(-c2ccc3[nH]c4cc5sc6ccccc6c5cc4c3n2)cc1. The van der Waals surface area contributed by atoms with Crippen molar-refractivity contribution in [1.29, 1.82) is 0 Å². The Morgan fingerprint density at radius 1 is 0.654 bits per heavy atom. The predicted octanol–water partition coefficient (Wildman–Crippen LogP) is 6.75. The van der Waals surface area contributed by atoms with Crippen molar-refractivity contribution in [2.45, 2.75) is 0 Å². The summed E-state index contributed by atoms with van der Waals surface area (Å²) in [5.74, 6) is 0. The van der Waals surface area contributed by atoms with Gasteiger partial charge in [-0.25, -0.2) is 4.98 Å². The van der Waals surface area contributed by atoms with Crippen LogP contribution in [0.3, 0.4) is 0 Å². The molecular formula is C23H14N2S. The molecule has 0 aliphatic heterocycles. The van der Waals surface area contributed by atoms with Crippen molar-refractivity contribution in [3.8, 4) is 11.3 Å². The Bertz CT molecular complexity index is 1420. The third kappa shape index (κ3) is 1.95. The van der Waals surface area contributed by atoms with Gasteiger partial charge < -0.3 is 4.98 Å². The molecule has 0 aliphatic carbocycles. The van der Waals surface area contributed by atoms with Crippen LogP contribution in [0, 0.1) is 0 Å². The Labute approximate surface area is 153 Å². The fourth-order valence-corrected chi connectivity index (χ4v) is 4.88. The topological polar surface area (TPSA) is 28.7 Å². The molecule has 0 bridgehead atoms. The third-order valence-corrected chi connectivity index (χ3v) is 6.14. The molecular weight excluding hydrogens is 336 g/mol. The zero-order valence-corrected chi connectivity index (χ0v) is 14.7. The molecule has 1 N–H and O–H groups in total. The Kier molecular flexibility index (Phi) is 2.79. The highest BCUT2D eigenvalue weighted by atomic mass is 32.1. The maximum atomic E-state index is 4.98. The van der Waals surface area contributed by atoms with Gasteiger partial charge in [0, 0.05) is 36.6 Å². The monoisotopic (exact) mass is 350 g/mol. The van der Waals surface area contributed by atoms with Crippen molar-refractivity contribution >= 4 is 53.4 Å². The number of aromatic nitrogens is 2. The Hall–Kier alpha value is -3.17. The van der Waals surface area contributed by atoms with Gasteiger partial charge in [-0.15, -0.1) is 11.3 Å². The zero-order valence-electron chi connectivity index (χ0n) is 13.9. The first-order valence-corrected chi connectivity index (χ1v) is 9.48. The molecule has 3 aromatic heterocycles. The van der Waals surface area contributed by atoms with E-state index in [-0.39, 0.29) is 0 Å². The summed E-state index contributed by atoms with van der Waals surface area (Å²) in [6.07, 6.45) is 0. The molecule has 0 aliphatic rings. The van der Waals surface area contributed by atoms with Crippen molar-refractivity contribution in [2.24, 2.45) is 0 Å². The van der Waals surface area contributed by atoms with E-state index in [4.69, 9.17) is 4.98 Å². The van der Waals surface area contributed by atoms with Gasteiger partial charge in [-0.05, 0) is 30.3 Å². The van der Waals surface area contributed by atoms with E-state index in [1.165, 1.54) is 25.6 Å². The van der Waals surface area contributed by atoms with Crippen LogP contribution in [0.15, 0.2) is 78.9 Å². The van der Waals surface area contributed by atoms with E-state index in [0.29, 0.717) is 0 Å². The smallest absolute Gasteiger partial charge is 0.0965 e. The molecule has 0 unspecified atom stereocenters. The Morgan fingerprint density at radius 2 is 1.50 bits per heavy atom. The molecule has 6 aromatic rings. The first kappa shape index (κ1) is 14.0. The largest absolute Gasteiger partial charge is 0.353 e. The molecule has 3 aromatic carbocycles. The minimum absolute atomic E-state index is 1.01. The lowest BCUT2D eigenvalue weighted by atomic mass is 10.1. The summed E-state index contributed by atoms with van der Waals surface area (Å²) < 4.78 is 2.64. The molecule has 26 heavy (non-hydrogen) atoms. The summed E-state index contributed by atoms with van der Waals surface area (Å²) in [6, 6.07) is 27.7. The van der Waals surface area contributed by atoms with E-state index < -0.39 is 0 Å². The van der Waals surface area contributed by atoms with E-state index in [0.717, 1.165) is 27.8 Å². The quantitative estimate of drug-likeness (QED) is 0.349. The van der Waals surface area contributed by atoms with Gasteiger partial charge in [-0.3, -0.25) is 0 Å². The number of rotatable bonds is 1. The number of nitrogens with zero attached hydrogens (tertiary/aromatic N) is 1. The van der Waals surface area contributed by atoms with Crippen LogP contribution in [0.2, 0.25) is 0 Å². The van der Waals surface area contributed by atoms with Gasteiger partial charge in [0.15, 0.2) is 0 Å². The number of aromatic amines is 1. The lowest BCUT2D eigenvalue weighted by Crippen LogP contribution is -1.83. The van der Waals surface area contributed by atoms with Gasteiger partial charge in [-0.1, -0.05) is 48.5 Å². The van der Waals surface area contributed by atoms with Gasteiger partial charge in [0.2, 0.25) is 0 Å². The Morgan fingerprint density at radius 3 is 2.42 bits per heavy atom. The number of fused-ring (bicyclic) bond motifs is 6. The molecule has 0 amide bonds. The second-order valence-corrected chi connectivity index (χ2v) is 7.66. The molecule has 0 radical (unpaired) electrons. The van der Waals surface area contributed by atoms with Crippen LogP contribution in [0.5, 0.6) is 0 Å². The molecule has 0 atom stereocenters. The molecule has 0 spiro atoms. The summed E-state index contributed by atoms with van der Waals surface area (Å²) in [5.41, 5.74) is 5.43. The Balaban J connectivity index is 1.70. The fraction of sp³-hybridized carbons (Fsp3) is 0. The number of pyridine rings is 1. The first-order valence-electron chi connectivity index (χ1n) is 8.66. The van der Waals surface area contributed by atoms with Crippen molar-refractivity contribution in [1.82, 2.24) is 9.97 Å². The summed E-state index contributed by atoms with van der Waals surface area (Å²) in [6.45, 7) is 0. The molecule has 122 valence electrons. The highest BCUT2D eigenvalue weighted by Gasteiger charge is 2.12. The van der Waals surface area contributed by atoms with E-state index in [9.17, 15) is 0 Å². The van der Waals surface area contributed by atoms with Crippen LogP contribution in [0.25, 0.3) is 53.4 Å². The van der Waals surface area contributed by atoms with E-state index >= 15 is 0 Å². The minimum Gasteiger partial charge on any atom is -0.353 e. The first-order chi connectivity index (χ1) is 12.9. The predicted molar refractivity (Wildman–Crippen MR) is 112 cm³/mol. The molecule has 0 fully saturated rings. The van der Waals surface area contributed by atoms with Gasteiger partial charge in [0.1, 0.15) is 0 Å². The van der Waals surface area contributed by atoms with Gasteiger partial charge in [-0.2, -0.15) is 0 Å². The lowest BCUT2D eigenvalue weighted by Gasteiger charge is -2.00. The average Bonchev–Trinajstić information content (AvgIpc) is 3.23. The van der Waals surface area contributed by atoms with Gasteiger partial charge in [0.25, 0.3) is 0 Å². The normalized spacial score (nSPS) is 11.8. The highest BCUT2D eigenvalue weighted by Crippen LogP contribution is 2.38. The van der Waals surface area contributed by atoms with Crippen LogP contribution in [0.1, 0.15) is 0 Å². The van der Waals surface area contributed by atoms with Crippen LogP contribution in [-0.4, -0.2) is 9.97 Å². The van der Waals surface area contributed by atoms with Crippen LogP contribution >= 0.6 is 11.3 Å². The second-order valence-electron chi connectivity index (χ2n) is 6.58. The molecule has 3 heterocycles. The maximum Gasteiger partial charge on any atom is 0.0965 e. The van der Waals surface area contributed by atoms with Gasteiger partial charge >= 0.3 is 0 Å². The van der Waals surface area contributed by atoms with Crippen molar-refractivity contribution in [3.05, 3.63) is 78.9 Å². The number of benzene rings is 3. The third-order valence-electron chi connectivity index (χ3n) is 5.01. The van der Waals surface area contributed by atoms with Crippen molar-refractivity contribution in [2.75, 3.05) is 0 Å². The second kappa shape index (κ2) is 5.16. The summed E-state index contributed by atoms with van der Waals surface area (Å²) in [5, 5.41) is 3.82. The lowest BCUT2D eigenvalue weighted by molar-refractivity contribution is 1.40. The van der Waals surface area contributed by atoms with Crippen molar-refractivity contribution in [3.63, 3.8) is 0 Å². The van der Waals surface area contributed by atoms with Gasteiger partial charge in [0.05, 0.1) is 16.7 Å². The molecule has 2 nitrogen and oxygen atoms in total.